The summed E-state index contributed by atoms with van der Waals surface area (Å²) in [5.74, 6) is -1.93. The standard InChI is InChI=1S/C14H10FN3OS/c1-20-13-6-9(4-5-17-13)14(19)11(7-16)12-3-2-10(15)8-18-12/h2-6,8,11H,1H3/t11-/m0/s1. The summed E-state index contributed by atoms with van der Waals surface area (Å²) in [7, 11) is 0. The highest BCUT2D eigenvalue weighted by atomic mass is 32.2. The van der Waals surface area contributed by atoms with Crippen LogP contribution in [0.2, 0.25) is 0 Å². The first-order valence-corrected chi connectivity index (χ1v) is 6.93. The van der Waals surface area contributed by atoms with Crippen molar-refractivity contribution in [3.63, 3.8) is 0 Å². The fraction of sp³-hybridized carbons (Fsp3) is 0.143. The van der Waals surface area contributed by atoms with Crippen LogP contribution in [0.25, 0.3) is 0 Å². The first-order chi connectivity index (χ1) is 9.65. The van der Waals surface area contributed by atoms with Crippen LogP contribution in [0.3, 0.4) is 0 Å². The molecule has 0 aliphatic carbocycles. The van der Waals surface area contributed by atoms with Crippen LogP contribution < -0.4 is 0 Å². The number of rotatable bonds is 4. The molecule has 1 atom stereocenters. The third-order valence-electron chi connectivity index (χ3n) is 2.67. The lowest BCUT2D eigenvalue weighted by Crippen LogP contribution is -2.13. The van der Waals surface area contributed by atoms with Crippen molar-refractivity contribution >= 4 is 17.5 Å². The Balaban J connectivity index is 2.34. The molecular formula is C14H10FN3OS. The molecule has 2 aromatic heterocycles. The highest BCUT2D eigenvalue weighted by molar-refractivity contribution is 7.98. The SMILES string of the molecule is CSc1cc(C(=O)[C@@H](C#N)c2ccc(F)cn2)ccn1. The van der Waals surface area contributed by atoms with Crippen LogP contribution in [0, 0.1) is 17.1 Å². The lowest BCUT2D eigenvalue weighted by atomic mass is 9.96. The summed E-state index contributed by atoms with van der Waals surface area (Å²) in [6.45, 7) is 0. The minimum Gasteiger partial charge on any atom is -0.292 e. The van der Waals surface area contributed by atoms with E-state index in [0.29, 0.717) is 10.6 Å². The number of nitriles is 1. The summed E-state index contributed by atoms with van der Waals surface area (Å²) in [4.78, 5) is 20.2. The van der Waals surface area contributed by atoms with Crippen molar-refractivity contribution in [2.24, 2.45) is 0 Å². The summed E-state index contributed by atoms with van der Waals surface area (Å²) in [6, 6.07) is 7.61. The van der Waals surface area contributed by atoms with Gasteiger partial charge in [-0.15, -0.1) is 11.8 Å². The number of hydrogen-bond donors (Lipinski definition) is 0. The number of carbonyl (C=O) groups excluding carboxylic acids is 1. The molecule has 0 aromatic carbocycles. The minimum absolute atomic E-state index is 0.237. The van der Waals surface area contributed by atoms with Crippen molar-refractivity contribution in [3.8, 4) is 6.07 Å². The highest BCUT2D eigenvalue weighted by Crippen LogP contribution is 2.21. The molecule has 2 aromatic rings. The zero-order valence-electron chi connectivity index (χ0n) is 10.6. The van der Waals surface area contributed by atoms with Crippen molar-refractivity contribution in [3.05, 3.63) is 53.7 Å². The summed E-state index contributed by atoms with van der Waals surface area (Å²) in [6.07, 6.45) is 4.36. The van der Waals surface area contributed by atoms with E-state index >= 15 is 0 Å². The molecule has 0 bridgehead atoms. The van der Waals surface area contributed by atoms with Crippen LogP contribution in [0.1, 0.15) is 22.0 Å². The number of aromatic nitrogens is 2. The Hall–Kier alpha value is -2.26. The number of hydrogen-bond acceptors (Lipinski definition) is 5. The average Bonchev–Trinajstić information content (AvgIpc) is 2.50. The molecule has 0 N–H and O–H groups in total. The van der Waals surface area contributed by atoms with Crippen molar-refractivity contribution in [2.75, 3.05) is 6.26 Å². The van der Waals surface area contributed by atoms with Gasteiger partial charge < -0.3 is 0 Å². The molecule has 2 rings (SSSR count). The van der Waals surface area contributed by atoms with Crippen molar-refractivity contribution in [2.45, 2.75) is 10.9 Å². The number of halogens is 1. The molecule has 0 radical (unpaired) electrons. The molecule has 0 spiro atoms. The molecule has 4 nitrogen and oxygen atoms in total. The Labute approximate surface area is 119 Å². The Morgan fingerprint density at radius 2 is 2.20 bits per heavy atom. The van der Waals surface area contributed by atoms with Gasteiger partial charge in [0.05, 0.1) is 23.0 Å². The number of carbonyl (C=O) groups is 1. The number of nitrogens with zero attached hydrogens (tertiary/aromatic N) is 3. The monoisotopic (exact) mass is 287 g/mol. The quantitative estimate of drug-likeness (QED) is 0.639. The van der Waals surface area contributed by atoms with Gasteiger partial charge in [0.1, 0.15) is 5.82 Å². The molecule has 6 heteroatoms. The molecular weight excluding hydrogens is 277 g/mol. The smallest absolute Gasteiger partial charge is 0.186 e. The van der Waals surface area contributed by atoms with E-state index in [2.05, 4.69) is 9.97 Å². The van der Waals surface area contributed by atoms with E-state index in [9.17, 15) is 14.4 Å². The molecule has 0 saturated heterocycles. The summed E-state index contributed by atoms with van der Waals surface area (Å²) in [5.41, 5.74) is 0.628. The predicted molar refractivity (Wildman–Crippen MR) is 72.9 cm³/mol. The fourth-order valence-corrected chi connectivity index (χ4v) is 2.07. The van der Waals surface area contributed by atoms with Gasteiger partial charge in [0.25, 0.3) is 0 Å². The average molecular weight is 287 g/mol. The molecule has 0 aliphatic rings. The van der Waals surface area contributed by atoms with Gasteiger partial charge in [0, 0.05) is 11.8 Å². The van der Waals surface area contributed by atoms with Gasteiger partial charge in [0.2, 0.25) is 0 Å². The Bertz CT molecular complexity index is 667. The van der Waals surface area contributed by atoms with E-state index in [1.54, 1.807) is 12.1 Å². The van der Waals surface area contributed by atoms with Crippen LogP contribution in [0.15, 0.2) is 41.7 Å². The van der Waals surface area contributed by atoms with Gasteiger partial charge >= 0.3 is 0 Å². The summed E-state index contributed by atoms with van der Waals surface area (Å²) < 4.78 is 12.8. The largest absolute Gasteiger partial charge is 0.292 e. The van der Waals surface area contributed by atoms with E-state index in [4.69, 9.17) is 0 Å². The van der Waals surface area contributed by atoms with Crippen molar-refractivity contribution in [1.82, 2.24) is 9.97 Å². The first-order valence-electron chi connectivity index (χ1n) is 5.71. The predicted octanol–water partition coefficient (Wildman–Crippen LogP) is 2.83. The van der Waals surface area contributed by atoms with Gasteiger partial charge in [-0.3, -0.25) is 9.78 Å². The summed E-state index contributed by atoms with van der Waals surface area (Å²) >= 11 is 1.41. The Morgan fingerprint density at radius 3 is 2.80 bits per heavy atom. The van der Waals surface area contributed by atoms with Crippen LogP contribution in [-0.2, 0) is 0 Å². The number of Topliss-reactive ketones (excluding diaryl/α,β-unsaturated/α-hetero) is 1. The molecule has 0 unspecified atom stereocenters. The molecule has 0 fully saturated rings. The number of pyridine rings is 2. The van der Waals surface area contributed by atoms with Crippen molar-refractivity contribution in [1.29, 1.82) is 5.26 Å². The molecule has 100 valence electrons. The third-order valence-corrected chi connectivity index (χ3v) is 3.31. The molecule has 0 aliphatic heterocycles. The molecule has 0 amide bonds. The fourth-order valence-electron chi connectivity index (χ4n) is 1.66. The number of ketones is 1. The second-order valence-electron chi connectivity index (χ2n) is 3.91. The van der Waals surface area contributed by atoms with Crippen LogP contribution in [0.4, 0.5) is 4.39 Å². The van der Waals surface area contributed by atoms with Crippen LogP contribution in [0.5, 0.6) is 0 Å². The van der Waals surface area contributed by atoms with E-state index in [-0.39, 0.29) is 11.5 Å². The van der Waals surface area contributed by atoms with Gasteiger partial charge in [-0.25, -0.2) is 9.37 Å². The second kappa shape index (κ2) is 6.26. The van der Waals surface area contributed by atoms with Crippen molar-refractivity contribution < 1.29 is 9.18 Å². The van der Waals surface area contributed by atoms with Gasteiger partial charge in [-0.2, -0.15) is 5.26 Å². The van der Waals surface area contributed by atoms with Crippen LogP contribution in [-0.4, -0.2) is 22.0 Å². The van der Waals surface area contributed by atoms with Crippen LogP contribution >= 0.6 is 11.8 Å². The highest BCUT2D eigenvalue weighted by Gasteiger charge is 2.23. The van der Waals surface area contributed by atoms with E-state index in [1.807, 2.05) is 12.3 Å². The zero-order valence-corrected chi connectivity index (χ0v) is 11.4. The zero-order chi connectivity index (χ0) is 14.5. The van der Waals surface area contributed by atoms with E-state index in [0.717, 1.165) is 6.20 Å². The van der Waals surface area contributed by atoms with Gasteiger partial charge in [-0.1, -0.05) is 0 Å². The third kappa shape index (κ3) is 3.00. The molecule has 2 heterocycles. The topological polar surface area (TPSA) is 66.6 Å². The normalized spacial score (nSPS) is 11.7. The maximum Gasteiger partial charge on any atom is 0.186 e. The first kappa shape index (κ1) is 14.2. The maximum atomic E-state index is 12.8. The summed E-state index contributed by atoms with van der Waals surface area (Å²) in [5, 5.41) is 9.88. The second-order valence-corrected chi connectivity index (χ2v) is 4.74. The Kier molecular flexibility index (Phi) is 4.43. The molecule has 20 heavy (non-hydrogen) atoms. The minimum atomic E-state index is -1.05. The molecule has 0 saturated carbocycles. The lowest BCUT2D eigenvalue weighted by molar-refractivity contribution is 0.0977. The number of thioether (sulfide) groups is 1. The van der Waals surface area contributed by atoms with Gasteiger partial charge in [-0.05, 0) is 30.5 Å². The maximum absolute atomic E-state index is 12.8. The van der Waals surface area contributed by atoms with E-state index < -0.39 is 11.7 Å². The lowest BCUT2D eigenvalue weighted by Gasteiger charge is -2.08. The van der Waals surface area contributed by atoms with Gasteiger partial charge in [0.15, 0.2) is 11.7 Å². The van der Waals surface area contributed by atoms with E-state index in [1.165, 1.54) is 30.1 Å². The Morgan fingerprint density at radius 1 is 1.40 bits per heavy atom.